The molecule has 0 aliphatic carbocycles. The number of para-hydroxylation sites is 1. The first-order valence-electron chi connectivity index (χ1n) is 14.8. The zero-order valence-corrected chi connectivity index (χ0v) is 26.4. The number of carbonyl (C=O) groups is 3. The van der Waals surface area contributed by atoms with Crippen molar-refractivity contribution >= 4 is 23.6 Å². The van der Waals surface area contributed by atoms with Crippen molar-refractivity contribution in [2.75, 3.05) is 6.61 Å². The summed E-state index contributed by atoms with van der Waals surface area (Å²) in [6, 6.07) is 23.7. The highest BCUT2D eigenvalue weighted by Gasteiger charge is 2.37. The minimum absolute atomic E-state index is 0.165. The average Bonchev–Trinajstić information content (AvgIpc) is 2.99. The van der Waals surface area contributed by atoms with Gasteiger partial charge in [0.1, 0.15) is 17.8 Å². The van der Waals surface area contributed by atoms with Crippen LogP contribution in [0.1, 0.15) is 57.7 Å². The number of rotatable bonds is 14. The minimum Gasteiger partial charge on any atom is -0.444 e. The van der Waals surface area contributed by atoms with Gasteiger partial charge in [0.15, 0.2) is 0 Å². The molecular weight excluding hydrogens is 576 g/mol. The van der Waals surface area contributed by atoms with Crippen LogP contribution >= 0.6 is 0 Å². The third-order valence-electron chi connectivity index (χ3n) is 6.92. The molecular formula is C34H42N4O7. The first kappa shape index (κ1) is 34.7. The van der Waals surface area contributed by atoms with E-state index in [1.54, 1.807) is 40.7 Å². The lowest BCUT2D eigenvalue weighted by Crippen LogP contribution is -2.57. The van der Waals surface area contributed by atoms with Gasteiger partial charge in [0.2, 0.25) is 11.8 Å². The molecule has 240 valence electrons. The van der Waals surface area contributed by atoms with E-state index in [1.807, 2.05) is 60.7 Å². The molecule has 0 aromatic heterocycles. The predicted octanol–water partition coefficient (Wildman–Crippen LogP) is 5.17. The third kappa shape index (κ3) is 11.0. The molecule has 0 spiro atoms. The largest absolute Gasteiger partial charge is 0.444 e. The smallest absolute Gasteiger partial charge is 0.408 e. The van der Waals surface area contributed by atoms with Crippen LogP contribution in [0.15, 0.2) is 84.9 Å². The molecule has 3 amide bonds. The Morgan fingerprint density at radius 1 is 0.800 bits per heavy atom. The summed E-state index contributed by atoms with van der Waals surface area (Å²) < 4.78 is 11.2. The highest BCUT2D eigenvalue weighted by atomic mass is 16.6. The second-order valence-corrected chi connectivity index (χ2v) is 12.1. The van der Waals surface area contributed by atoms with Gasteiger partial charge in [-0.25, -0.2) is 4.79 Å². The summed E-state index contributed by atoms with van der Waals surface area (Å²) in [4.78, 5) is 51.2. The molecule has 11 nitrogen and oxygen atoms in total. The topological polar surface area (TPSA) is 149 Å². The summed E-state index contributed by atoms with van der Waals surface area (Å²) in [5.74, 6) is -1.09. The van der Waals surface area contributed by atoms with Gasteiger partial charge in [-0.1, -0.05) is 78.9 Å². The fourth-order valence-electron chi connectivity index (χ4n) is 4.55. The molecule has 3 aromatic carbocycles. The Morgan fingerprint density at radius 2 is 1.38 bits per heavy atom. The molecule has 3 N–H and O–H groups in total. The number of carbonyl (C=O) groups excluding carboxylic acids is 3. The van der Waals surface area contributed by atoms with E-state index >= 15 is 0 Å². The van der Waals surface area contributed by atoms with Gasteiger partial charge in [0, 0.05) is 24.5 Å². The molecule has 3 rings (SSSR count). The number of nitro benzene ring substituents is 1. The summed E-state index contributed by atoms with van der Waals surface area (Å²) in [6.07, 6.45) is -1.34. The van der Waals surface area contributed by atoms with Crippen LogP contribution in [0.4, 0.5) is 10.5 Å². The van der Waals surface area contributed by atoms with E-state index in [0.29, 0.717) is 6.61 Å². The molecule has 45 heavy (non-hydrogen) atoms. The Balaban J connectivity index is 1.82. The van der Waals surface area contributed by atoms with Crippen LogP contribution in [0.25, 0.3) is 0 Å². The Labute approximate surface area is 263 Å². The van der Waals surface area contributed by atoms with Crippen molar-refractivity contribution in [3.8, 4) is 0 Å². The summed E-state index contributed by atoms with van der Waals surface area (Å²) in [5, 5.41) is 20.0. The van der Waals surface area contributed by atoms with Crippen LogP contribution < -0.4 is 16.0 Å². The number of nitro groups is 1. The van der Waals surface area contributed by atoms with E-state index in [1.165, 1.54) is 18.2 Å². The molecule has 0 fully saturated rings. The van der Waals surface area contributed by atoms with E-state index < -0.39 is 46.1 Å². The van der Waals surface area contributed by atoms with Gasteiger partial charge in [-0.3, -0.25) is 19.7 Å². The van der Waals surface area contributed by atoms with E-state index in [9.17, 15) is 24.5 Å². The van der Waals surface area contributed by atoms with Crippen molar-refractivity contribution in [2.45, 2.75) is 77.3 Å². The fraction of sp³-hybridized carbons (Fsp3) is 0.382. The summed E-state index contributed by atoms with van der Waals surface area (Å²) in [5.41, 5.74) is -0.297. The third-order valence-corrected chi connectivity index (χ3v) is 6.92. The number of benzene rings is 3. The van der Waals surface area contributed by atoms with E-state index in [-0.39, 0.29) is 30.7 Å². The standard InChI is InChI=1S/C34H42N4O7/c1-33(2,3)45-32(41)35-27(22-24-14-8-6-9-15-24)30(39)36-29(20-21-44-23-25-16-10-7-11-17-25)37-31(40)34(4,5)26-18-12-13-19-28(26)38(42)43/h6-19,27,29H,20-23H2,1-5H3,(H,35,41)(H,36,39)(H,37,40)/t27-,29-/m0/s1. The molecule has 2 atom stereocenters. The van der Waals surface area contributed by atoms with Crippen molar-refractivity contribution < 1.29 is 28.8 Å². The van der Waals surface area contributed by atoms with Crippen LogP contribution in [0, 0.1) is 10.1 Å². The number of alkyl carbamates (subject to hydrolysis) is 1. The van der Waals surface area contributed by atoms with Crippen LogP contribution in [0.2, 0.25) is 0 Å². The lowest BCUT2D eigenvalue weighted by atomic mass is 9.82. The minimum atomic E-state index is -1.32. The highest BCUT2D eigenvalue weighted by molar-refractivity contribution is 5.90. The van der Waals surface area contributed by atoms with E-state index in [4.69, 9.17) is 9.47 Å². The average molecular weight is 619 g/mol. The summed E-state index contributed by atoms with van der Waals surface area (Å²) in [7, 11) is 0. The zero-order valence-electron chi connectivity index (χ0n) is 26.4. The van der Waals surface area contributed by atoms with Crippen LogP contribution in [0.5, 0.6) is 0 Å². The summed E-state index contributed by atoms with van der Waals surface area (Å²) in [6.45, 7) is 8.83. The highest BCUT2D eigenvalue weighted by Crippen LogP contribution is 2.31. The monoisotopic (exact) mass is 618 g/mol. The van der Waals surface area contributed by atoms with Gasteiger partial charge in [0.05, 0.1) is 23.6 Å². The van der Waals surface area contributed by atoms with Crippen LogP contribution in [0.3, 0.4) is 0 Å². The van der Waals surface area contributed by atoms with Crippen molar-refractivity contribution in [1.82, 2.24) is 16.0 Å². The maximum Gasteiger partial charge on any atom is 0.408 e. The predicted molar refractivity (Wildman–Crippen MR) is 170 cm³/mol. The molecule has 0 bridgehead atoms. The van der Waals surface area contributed by atoms with Gasteiger partial charge in [-0.15, -0.1) is 0 Å². The number of hydrogen-bond acceptors (Lipinski definition) is 7. The first-order chi connectivity index (χ1) is 21.3. The fourth-order valence-corrected chi connectivity index (χ4v) is 4.55. The number of hydrogen-bond donors (Lipinski definition) is 3. The molecule has 0 saturated heterocycles. The number of ether oxygens (including phenoxy) is 2. The van der Waals surface area contributed by atoms with E-state index in [0.717, 1.165) is 11.1 Å². The van der Waals surface area contributed by atoms with Gasteiger partial charge in [-0.2, -0.15) is 0 Å². The second-order valence-electron chi connectivity index (χ2n) is 12.1. The van der Waals surface area contributed by atoms with Crippen molar-refractivity contribution in [3.63, 3.8) is 0 Å². The normalized spacial score (nSPS) is 12.8. The maximum absolute atomic E-state index is 13.7. The summed E-state index contributed by atoms with van der Waals surface area (Å²) >= 11 is 0. The van der Waals surface area contributed by atoms with Crippen molar-refractivity contribution in [1.29, 1.82) is 0 Å². The number of amides is 3. The molecule has 11 heteroatoms. The zero-order chi connectivity index (χ0) is 33.0. The lowest BCUT2D eigenvalue weighted by Gasteiger charge is -2.29. The first-order valence-corrected chi connectivity index (χ1v) is 14.8. The second kappa shape index (κ2) is 15.8. The van der Waals surface area contributed by atoms with Crippen molar-refractivity contribution in [2.24, 2.45) is 0 Å². The van der Waals surface area contributed by atoms with Gasteiger partial charge in [0.25, 0.3) is 5.69 Å². The molecule has 0 saturated carbocycles. The maximum atomic E-state index is 13.7. The molecule has 0 unspecified atom stereocenters. The number of nitrogens with zero attached hydrogens (tertiary/aromatic N) is 1. The molecule has 0 heterocycles. The SMILES string of the molecule is CC(C)(C)OC(=O)N[C@@H](Cc1ccccc1)C(=O)N[C@H](CCOCc1ccccc1)NC(=O)C(C)(C)c1ccccc1[N+](=O)[O-]. The molecule has 0 aliphatic rings. The van der Waals surface area contributed by atoms with Crippen molar-refractivity contribution in [3.05, 3.63) is 112 Å². The van der Waals surface area contributed by atoms with Crippen LogP contribution in [-0.4, -0.2) is 47.2 Å². The Morgan fingerprint density at radius 3 is 1.98 bits per heavy atom. The molecule has 3 aromatic rings. The van der Waals surface area contributed by atoms with Gasteiger partial charge >= 0.3 is 6.09 Å². The van der Waals surface area contributed by atoms with Gasteiger partial charge in [-0.05, 0) is 45.7 Å². The Kier molecular flexibility index (Phi) is 12.2. The van der Waals surface area contributed by atoms with Gasteiger partial charge < -0.3 is 25.4 Å². The van der Waals surface area contributed by atoms with E-state index in [2.05, 4.69) is 16.0 Å². The molecule has 0 radical (unpaired) electrons. The Bertz CT molecular complexity index is 1440. The Hall–Kier alpha value is -4.77. The molecule has 0 aliphatic heterocycles. The lowest BCUT2D eigenvalue weighted by molar-refractivity contribution is -0.385. The van der Waals surface area contributed by atoms with Crippen LogP contribution in [-0.2, 0) is 37.5 Å². The quantitative estimate of drug-likeness (QED) is 0.0976. The number of nitrogens with one attached hydrogen (secondary N) is 3.